The molecule has 0 saturated heterocycles. The van der Waals surface area contributed by atoms with Crippen LogP contribution in [0.5, 0.6) is 11.5 Å². The molecule has 2 aromatic carbocycles. The van der Waals surface area contributed by atoms with Gasteiger partial charge in [0.2, 0.25) is 5.91 Å². The first-order valence-electron chi connectivity index (χ1n) is 7.69. The van der Waals surface area contributed by atoms with E-state index in [2.05, 4.69) is 15.8 Å². The third-order valence-electron chi connectivity index (χ3n) is 3.34. The average Bonchev–Trinajstić information content (AvgIpc) is 2.61. The number of rotatable bonds is 7. The Labute approximate surface area is 145 Å². The molecule has 0 radical (unpaired) electrons. The van der Waals surface area contributed by atoms with Crippen LogP contribution < -0.4 is 10.7 Å². The number of phenols is 2. The van der Waals surface area contributed by atoms with E-state index in [1.54, 1.807) is 0 Å². The van der Waals surface area contributed by atoms with E-state index in [0.717, 1.165) is 11.6 Å². The number of benzene rings is 2. The van der Waals surface area contributed by atoms with Gasteiger partial charge in [0.05, 0.1) is 12.8 Å². The Hall–Kier alpha value is -3.35. The van der Waals surface area contributed by atoms with Gasteiger partial charge in [0.15, 0.2) is 0 Å². The van der Waals surface area contributed by atoms with Crippen molar-refractivity contribution in [2.45, 2.75) is 12.8 Å². The summed E-state index contributed by atoms with van der Waals surface area (Å²) in [7, 11) is 0. The maximum atomic E-state index is 11.7. The van der Waals surface area contributed by atoms with E-state index in [0.29, 0.717) is 18.4 Å². The van der Waals surface area contributed by atoms with Crippen LogP contribution in [0.25, 0.3) is 0 Å². The van der Waals surface area contributed by atoms with Gasteiger partial charge in [-0.05, 0) is 24.1 Å². The van der Waals surface area contributed by atoms with E-state index < -0.39 is 5.91 Å². The van der Waals surface area contributed by atoms with E-state index in [-0.39, 0.29) is 24.0 Å². The Bertz CT molecular complexity index is 760. The average molecular weight is 341 g/mol. The van der Waals surface area contributed by atoms with Crippen LogP contribution in [-0.2, 0) is 16.0 Å². The number of aryl methyl sites for hydroxylation is 1. The number of phenolic OH excluding ortho intramolecular Hbond substituents is 2. The Morgan fingerprint density at radius 3 is 2.52 bits per heavy atom. The minimum absolute atomic E-state index is 0.0723. The van der Waals surface area contributed by atoms with Crippen LogP contribution in [0.3, 0.4) is 0 Å². The molecule has 7 nitrogen and oxygen atoms in total. The van der Waals surface area contributed by atoms with Crippen molar-refractivity contribution in [1.82, 2.24) is 10.7 Å². The second-order valence-electron chi connectivity index (χ2n) is 5.30. The number of hydrogen-bond donors (Lipinski definition) is 4. The van der Waals surface area contributed by atoms with Crippen molar-refractivity contribution < 1.29 is 19.8 Å². The molecule has 2 rings (SSSR count). The van der Waals surface area contributed by atoms with Gasteiger partial charge in [0, 0.05) is 18.1 Å². The maximum Gasteiger partial charge on any atom is 0.259 e. The van der Waals surface area contributed by atoms with Crippen molar-refractivity contribution in [3.05, 3.63) is 59.7 Å². The summed E-state index contributed by atoms with van der Waals surface area (Å²) in [6.45, 7) is -0.188. The molecule has 0 aromatic heterocycles. The quantitative estimate of drug-likeness (QED) is 0.449. The van der Waals surface area contributed by atoms with E-state index >= 15 is 0 Å². The highest BCUT2D eigenvalue weighted by Gasteiger charge is 2.05. The fraction of sp³-hybridized carbons (Fsp3) is 0.167. The van der Waals surface area contributed by atoms with Crippen molar-refractivity contribution in [3.8, 4) is 11.5 Å². The number of nitrogens with zero attached hydrogens (tertiary/aromatic N) is 1. The summed E-state index contributed by atoms with van der Waals surface area (Å²) in [6.07, 6.45) is 2.14. The number of hydrogen-bond acceptors (Lipinski definition) is 5. The lowest BCUT2D eigenvalue weighted by atomic mass is 10.1. The van der Waals surface area contributed by atoms with Crippen molar-refractivity contribution in [3.63, 3.8) is 0 Å². The summed E-state index contributed by atoms with van der Waals surface area (Å²) in [5.41, 5.74) is 3.64. The summed E-state index contributed by atoms with van der Waals surface area (Å²) in [6, 6.07) is 13.6. The molecule has 7 heteroatoms. The van der Waals surface area contributed by atoms with Gasteiger partial charge in [-0.15, -0.1) is 0 Å². The molecule has 25 heavy (non-hydrogen) atoms. The molecule has 0 spiro atoms. The van der Waals surface area contributed by atoms with Crippen molar-refractivity contribution in [2.75, 3.05) is 6.54 Å². The van der Waals surface area contributed by atoms with Crippen LogP contribution in [0.4, 0.5) is 0 Å². The predicted octanol–water partition coefficient (Wildman–Crippen LogP) is 1.30. The first-order valence-corrected chi connectivity index (χ1v) is 7.69. The van der Waals surface area contributed by atoms with E-state index in [4.69, 9.17) is 0 Å². The summed E-state index contributed by atoms with van der Waals surface area (Å²) in [5.74, 6) is -0.939. The summed E-state index contributed by atoms with van der Waals surface area (Å²) < 4.78 is 0. The summed E-state index contributed by atoms with van der Waals surface area (Å²) in [5, 5.41) is 24.9. The highest BCUT2D eigenvalue weighted by Crippen LogP contribution is 2.20. The highest BCUT2D eigenvalue weighted by atomic mass is 16.3. The normalized spacial score (nSPS) is 10.6. The Morgan fingerprint density at radius 1 is 1.04 bits per heavy atom. The molecule has 0 aliphatic heterocycles. The van der Waals surface area contributed by atoms with Crippen LogP contribution in [0.2, 0.25) is 0 Å². The monoisotopic (exact) mass is 341 g/mol. The molecule has 0 bridgehead atoms. The predicted molar refractivity (Wildman–Crippen MR) is 93.3 cm³/mol. The summed E-state index contributed by atoms with van der Waals surface area (Å²) in [4.78, 5) is 23.3. The van der Waals surface area contributed by atoms with E-state index in [1.165, 1.54) is 18.3 Å². The zero-order chi connectivity index (χ0) is 18.1. The molecule has 0 aliphatic carbocycles. The van der Waals surface area contributed by atoms with Crippen molar-refractivity contribution >= 4 is 18.0 Å². The first-order chi connectivity index (χ1) is 12.0. The molecular weight excluding hydrogens is 322 g/mol. The van der Waals surface area contributed by atoms with Crippen LogP contribution in [0, 0.1) is 0 Å². The maximum absolute atomic E-state index is 11.7. The Morgan fingerprint density at radius 2 is 1.80 bits per heavy atom. The minimum atomic E-state index is -0.484. The Balaban J connectivity index is 1.69. The molecule has 0 atom stereocenters. The number of hydrazone groups is 1. The zero-order valence-corrected chi connectivity index (χ0v) is 13.5. The number of nitrogens with one attached hydrogen (secondary N) is 2. The van der Waals surface area contributed by atoms with Crippen LogP contribution in [0.15, 0.2) is 53.6 Å². The molecule has 4 N–H and O–H groups in total. The molecule has 2 aromatic rings. The number of carbonyl (C=O) groups excluding carboxylic acids is 2. The van der Waals surface area contributed by atoms with Gasteiger partial charge in [0.1, 0.15) is 11.5 Å². The fourth-order valence-electron chi connectivity index (χ4n) is 2.02. The van der Waals surface area contributed by atoms with Gasteiger partial charge < -0.3 is 15.5 Å². The molecule has 0 unspecified atom stereocenters. The third-order valence-corrected chi connectivity index (χ3v) is 3.34. The molecular formula is C18H19N3O4. The van der Waals surface area contributed by atoms with Gasteiger partial charge in [-0.1, -0.05) is 30.3 Å². The molecule has 130 valence electrons. The standard InChI is InChI=1S/C18H19N3O4/c22-15-8-7-14(16(23)10-15)11-20-21-18(25)12-19-17(24)9-6-13-4-2-1-3-5-13/h1-5,7-8,10-11,22-23H,6,9,12H2,(H,19,24)(H,21,25)/b20-11+. The highest BCUT2D eigenvalue weighted by molar-refractivity contribution is 5.87. The largest absolute Gasteiger partial charge is 0.508 e. The third kappa shape index (κ3) is 6.34. The van der Waals surface area contributed by atoms with Gasteiger partial charge in [-0.3, -0.25) is 9.59 Å². The van der Waals surface area contributed by atoms with Gasteiger partial charge in [-0.2, -0.15) is 5.10 Å². The number of carbonyl (C=O) groups is 2. The van der Waals surface area contributed by atoms with Crippen molar-refractivity contribution in [2.24, 2.45) is 5.10 Å². The van der Waals surface area contributed by atoms with Crippen molar-refractivity contribution in [1.29, 1.82) is 0 Å². The Kier molecular flexibility index (Phi) is 6.53. The smallest absolute Gasteiger partial charge is 0.259 e. The second-order valence-corrected chi connectivity index (χ2v) is 5.30. The lowest BCUT2D eigenvalue weighted by molar-refractivity contribution is -0.126. The van der Waals surface area contributed by atoms with Crippen LogP contribution in [-0.4, -0.2) is 34.8 Å². The number of amides is 2. The molecule has 0 heterocycles. The lowest BCUT2D eigenvalue weighted by Crippen LogP contribution is -2.35. The minimum Gasteiger partial charge on any atom is -0.508 e. The van der Waals surface area contributed by atoms with E-state index in [9.17, 15) is 19.8 Å². The molecule has 0 fully saturated rings. The number of aromatic hydroxyl groups is 2. The van der Waals surface area contributed by atoms with Gasteiger partial charge in [0.25, 0.3) is 5.91 Å². The molecule has 2 amide bonds. The summed E-state index contributed by atoms with van der Waals surface area (Å²) >= 11 is 0. The van der Waals surface area contributed by atoms with E-state index in [1.807, 2.05) is 30.3 Å². The second kappa shape index (κ2) is 9.07. The lowest BCUT2D eigenvalue weighted by Gasteiger charge is -2.04. The zero-order valence-electron chi connectivity index (χ0n) is 13.5. The van der Waals surface area contributed by atoms with Crippen LogP contribution >= 0.6 is 0 Å². The topological polar surface area (TPSA) is 111 Å². The fourth-order valence-corrected chi connectivity index (χ4v) is 2.02. The first kappa shape index (κ1) is 18.0. The SMILES string of the molecule is O=C(CCc1ccccc1)NCC(=O)N/N=C/c1ccc(O)cc1O. The van der Waals surface area contributed by atoms with Gasteiger partial charge in [-0.25, -0.2) is 5.43 Å². The van der Waals surface area contributed by atoms with Gasteiger partial charge >= 0.3 is 0 Å². The van der Waals surface area contributed by atoms with Crippen LogP contribution in [0.1, 0.15) is 17.5 Å². The molecule has 0 aliphatic rings. The molecule has 0 saturated carbocycles.